The van der Waals surface area contributed by atoms with Gasteiger partial charge in [-0.1, -0.05) is 26.7 Å². The monoisotopic (exact) mass is 161 g/mol. The molecule has 0 heterocycles. The smallest absolute Gasteiger partial charge is 0.102 e. The highest BCUT2D eigenvalue weighted by atomic mass is 19.1. The molecule has 0 aromatic heterocycles. The quantitative estimate of drug-likeness (QED) is 0.605. The fourth-order valence-corrected chi connectivity index (χ4v) is 1.16. The van der Waals surface area contributed by atoms with E-state index in [1.165, 1.54) is 19.3 Å². The van der Waals surface area contributed by atoms with E-state index < -0.39 is 0 Å². The fraction of sp³-hybridized carbons (Fsp3) is 1.00. The Morgan fingerprint density at radius 2 is 2.09 bits per heavy atom. The van der Waals surface area contributed by atoms with Crippen LogP contribution in [0.4, 0.5) is 4.39 Å². The molecule has 0 spiro atoms. The van der Waals surface area contributed by atoms with E-state index in [-0.39, 0.29) is 6.67 Å². The molecule has 0 radical (unpaired) electrons. The lowest BCUT2D eigenvalue weighted by Crippen LogP contribution is -2.30. The van der Waals surface area contributed by atoms with Crippen molar-refractivity contribution in [3.63, 3.8) is 0 Å². The van der Waals surface area contributed by atoms with E-state index >= 15 is 0 Å². The molecule has 0 aliphatic rings. The van der Waals surface area contributed by atoms with Crippen LogP contribution in [0, 0.1) is 0 Å². The highest BCUT2D eigenvalue weighted by Crippen LogP contribution is 2.03. The van der Waals surface area contributed by atoms with Gasteiger partial charge in [0.25, 0.3) is 0 Å². The molecule has 0 aromatic rings. The van der Waals surface area contributed by atoms with Crippen molar-refractivity contribution in [2.45, 2.75) is 45.6 Å². The molecule has 0 aliphatic heterocycles. The van der Waals surface area contributed by atoms with Gasteiger partial charge in [0.15, 0.2) is 0 Å². The molecular weight excluding hydrogens is 141 g/mol. The van der Waals surface area contributed by atoms with E-state index in [0.717, 1.165) is 6.42 Å². The molecule has 0 saturated carbocycles. The summed E-state index contributed by atoms with van der Waals surface area (Å²) in [5, 5.41) is 3.18. The van der Waals surface area contributed by atoms with Crippen molar-refractivity contribution in [3.8, 4) is 0 Å². The SMILES string of the molecule is CCCCC(CC)NCCF. The summed E-state index contributed by atoms with van der Waals surface area (Å²) >= 11 is 0. The molecule has 11 heavy (non-hydrogen) atoms. The Morgan fingerprint density at radius 1 is 1.36 bits per heavy atom. The van der Waals surface area contributed by atoms with Gasteiger partial charge in [-0.2, -0.15) is 0 Å². The van der Waals surface area contributed by atoms with Crippen molar-refractivity contribution in [2.75, 3.05) is 13.2 Å². The van der Waals surface area contributed by atoms with Gasteiger partial charge < -0.3 is 5.32 Å². The standard InChI is InChI=1S/C9H20FN/c1-3-5-6-9(4-2)11-8-7-10/h9,11H,3-8H2,1-2H3. The van der Waals surface area contributed by atoms with Gasteiger partial charge in [0.05, 0.1) is 0 Å². The van der Waals surface area contributed by atoms with Gasteiger partial charge in [0, 0.05) is 12.6 Å². The first-order valence-corrected chi connectivity index (χ1v) is 4.64. The molecule has 2 heteroatoms. The zero-order valence-electron chi connectivity index (χ0n) is 7.70. The van der Waals surface area contributed by atoms with Gasteiger partial charge >= 0.3 is 0 Å². The predicted octanol–water partition coefficient (Wildman–Crippen LogP) is 2.51. The van der Waals surface area contributed by atoms with Gasteiger partial charge in [-0.3, -0.25) is 0 Å². The van der Waals surface area contributed by atoms with Gasteiger partial charge in [0.2, 0.25) is 0 Å². The van der Waals surface area contributed by atoms with Crippen LogP contribution in [0.2, 0.25) is 0 Å². The van der Waals surface area contributed by atoms with Crippen molar-refractivity contribution < 1.29 is 4.39 Å². The zero-order valence-corrected chi connectivity index (χ0v) is 7.70. The van der Waals surface area contributed by atoms with Crippen LogP contribution in [-0.2, 0) is 0 Å². The summed E-state index contributed by atoms with van der Waals surface area (Å²) in [6, 6.07) is 0.533. The molecule has 0 aliphatic carbocycles. The van der Waals surface area contributed by atoms with E-state index in [4.69, 9.17) is 0 Å². The molecule has 1 unspecified atom stereocenters. The Labute approximate surface area is 69.4 Å². The number of hydrogen-bond donors (Lipinski definition) is 1. The molecule has 1 atom stereocenters. The van der Waals surface area contributed by atoms with E-state index in [1.54, 1.807) is 0 Å². The molecule has 1 N–H and O–H groups in total. The topological polar surface area (TPSA) is 12.0 Å². The minimum atomic E-state index is -0.247. The number of nitrogens with one attached hydrogen (secondary N) is 1. The molecule has 0 bridgehead atoms. The Morgan fingerprint density at radius 3 is 2.55 bits per heavy atom. The summed E-state index contributed by atoms with van der Waals surface area (Å²) in [5.74, 6) is 0. The van der Waals surface area contributed by atoms with Crippen LogP contribution >= 0.6 is 0 Å². The lowest BCUT2D eigenvalue weighted by Gasteiger charge is -2.14. The van der Waals surface area contributed by atoms with E-state index in [9.17, 15) is 4.39 Å². The molecular formula is C9H20FN. The van der Waals surface area contributed by atoms with Crippen LogP contribution in [0.3, 0.4) is 0 Å². The molecule has 0 aromatic carbocycles. The van der Waals surface area contributed by atoms with Gasteiger partial charge in [0.1, 0.15) is 6.67 Å². The average molecular weight is 161 g/mol. The van der Waals surface area contributed by atoms with Gasteiger partial charge in [-0.25, -0.2) is 4.39 Å². The second-order valence-corrected chi connectivity index (χ2v) is 2.89. The van der Waals surface area contributed by atoms with Gasteiger partial charge in [-0.15, -0.1) is 0 Å². The Bertz CT molecular complexity index is 68.0. The van der Waals surface area contributed by atoms with E-state index in [0.29, 0.717) is 12.6 Å². The van der Waals surface area contributed by atoms with Crippen LogP contribution in [0.1, 0.15) is 39.5 Å². The number of halogens is 1. The normalized spacial score (nSPS) is 13.4. The molecule has 0 saturated heterocycles. The zero-order chi connectivity index (χ0) is 8.53. The second-order valence-electron chi connectivity index (χ2n) is 2.89. The summed E-state index contributed by atoms with van der Waals surface area (Å²) in [6.45, 7) is 4.60. The Balaban J connectivity index is 3.25. The largest absolute Gasteiger partial charge is 0.311 e. The summed E-state index contributed by atoms with van der Waals surface area (Å²) in [5.41, 5.74) is 0. The minimum Gasteiger partial charge on any atom is -0.311 e. The number of alkyl halides is 1. The van der Waals surface area contributed by atoms with E-state index in [1.807, 2.05) is 0 Å². The van der Waals surface area contributed by atoms with Crippen LogP contribution in [-0.4, -0.2) is 19.3 Å². The van der Waals surface area contributed by atoms with Crippen LogP contribution in [0.15, 0.2) is 0 Å². The van der Waals surface area contributed by atoms with Crippen molar-refractivity contribution in [3.05, 3.63) is 0 Å². The van der Waals surface area contributed by atoms with Crippen LogP contribution in [0.5, 0.6) is 0 Å². The molecule has 68 valence electrons. The van der Waals surface area contributed by atoms with Crippen LogP contribution < -0.4 is 5.32 Å². The first-order valence-electron chi connectivity index (χ1n) is 4.64. The maximum Gasteiger partial charge on any atom is 0.102 e. The van der Waals surface area contributed by atoms with Crippen molar-refractivity contribution in [1.82, 2.24) is 5.32 Å². The summed E-state index contributed by atoms with van der Waals surface area (Å²) < 4.78 is 11.7. The number of rotatable bonds is 7. The lowest BCUT2D eigenvalue weighted by atomic mass is 10.1. The summed E-state index contributed by atoms with van der Waals surface area (Å²) in [6.07, 6.45) is 4.78. The third kappa shape index (κ3) is 6.29. The maximum atomic E-state index is 11.7. The third-order valence-electron chi connectivity index (χ3n) is 1.93. The van der Waals surface area contributed by atoms with E-state index in [2.05, 4.69) is 19.2 Å². The van der Waals surface area contributed by atoms with Gasteiger partial charge in [-0.05, 0) is 12.8 Å². The average Bonchev–Trinajstić information content (AvgIpc) is 2.05. The first kappa shape index (κ1) is 10.9. The number of hydrogen-bond acceptors (Lipinski definition) is 1. The molecule has 0 rings (SSSR count). The first-order chi connectivity index (χ1) is 5.35. The maximum absolute atomic E-state index is 11.7. The Hall–Kier alpha value is -0.110. The number of unbranched alkanes of at least 4 members (excludes halogenated alkanes) is 1. The molecule has 1 nitrogen and oxygen atoms in total. The molecule has 0 fully saturated rings. The van der Waals surface area contributed by atoms with Crippen molar-refractivity contribution >= 4 is 0 Å². The molecule has 0 amide bonds. The second kappa shape index (κ2) is 7.99. The fourth-order valence-electron chi connectivity index (χ4n) is 1.16. The summed E-state index contributed by atoms with van der Waals surface area (Å²) in [7, 11) is 0. The highest BCUT2D eigenvalue weighted by Gasteiger charge is 2.02. The summed E-state index contributed by atoms with van der Waals surface area (Å²) in [4.78, 5) is 0. The van der Waals surface area contributed by atoms with Crippen molar-refractivity contribution in [1.29, 1.82) is 0 Å². The Kier molecular flexibility index (Phi) is 7.91. The van der Waals surface area contributed by atoms with Crippen molar-refractivity contribution in [2.24, 2.45) is 0 Å². The highest BCUT2D eigenvalue weighted by molar-refractivity contribution is 4.63. The van der Waals surface area contributed by atoms with Crippen LogP contribution in [0.25, 0.3) is 0 Å². The third-order valence-corrected chi connectivity index (χ3v) is 1.93. The predicted molar refractivity (Wildman–Crippen MR) is 47.6 cm³/mol. The lowest BCUT2D eigenvalue weighted by molar-refractivity contribution is 0.403. The minimum absolute atomic E-state index is 0.247.